The number of carbonyl (C=O) groups excluding carboxylic acids is 1. The average Bonchev–Trinajstić information content (AvgIpc) is 3.74. The Morgan fingerprint density at radius 1 is 0.884 bits per heavy atom. The molecule has 0 aliphatic rings. The first-order valence-corrected chi connectivity index (χ1v) is 14.3. The Hall–Kier alpha value is -5.51. The number of H-pyrrole nitrogens is 1. The smallest absolute Gasteiger partial charge is 0.269 e. The Bertz CT molecular complexity index is 1780. The van der Waals surface area contributed by atoms with Crippen LogP contribution >= 0.6 is 0 Å². The fourth-order valence-corrected chi connectivity index (χ4v) is 5.03. The Morgan fingerprint density at radius 3 is 2.47 bits per heavy atom. The van der Waals surface area contributed by atoms with Crippen LogP contribution in [-0.4, -0.2) is 46.3 Å². The van der Waals surface area contributed by atoms with Crippen molar-refractivity contribution in [1.29, 1.82) is 0 Å². The molecule has 3 aromatic heterocycles. The summed E-state index contributed by atoms with van der Waals surface area (Å²) in [4.78, 5) is 17.8. The molecule has 3 heterocycles. The lowest BCUT2D eigenvalue weighted by molar-refractivity contribution is 0.0941. The van der Waals surface area contributed by atoms with E-state index in [1.807, 2.05) is 34.9 Å². The van der Waals surface area contributed by atoms with Crippen LogP contribution in [0.25, 0.3) is 33.6 Å². The number of hydrogen-bond acceptors (Lipinski definition) is 7. The number of unbranched alkanes of at least 4 members (excludes halogenated alkanes) is 1. The fraction of sp³-hybridized carbons (Fsp3) is 0.182. The number of tetrazole rings is 1. The molecule has 0 aliphatic carbocycles. The van der Waals surface area contributed by atoms with E-state index in [0.717, 1.165) is 58.5 Å². The lowest BCUT2D eigenvalue weighted by Gasteiger charge is -2.14. The molecule has 0 bridgehead atoms. The number of hydrogen-bond donors (Lipinski definition) is 2. The fourth-order valence-electron chi connectivity index (χ4n) is 5.03. The maximum Gasteiger partial charge on any atom is 0.269 e. The Balaban J connectivity index is 1.28. The van der Waals surface area contributed by atoms with Gasteiger partial charge in [0, 0.05) is 24.7 Å². The maximum atomic E-state index is 13.2. The second-order valence-corrected chi connectivity index (χ2v) is 10.2. The van der Waals surface area contributed by atoms with Crippen molar-refractivity contribution in [2.75, 3.05) is 0 Å². The summed E-state index contributed by atoms with van der Waals surface area (Å²) >= 11 is 0. The SMILES string of the molecule is CCCCc1ncc(C(=O)NCc2cccnn2)n1Cc1ccc(-c2cc(-c3ccccc3)ccc2-c2nn[nH]n2)cc1. The first-order chi connectivity index (χ1) is 21.2. The second kappa shape index (κ2) is 13.0. The molecule has 0 aliphatic heterocycles. The predicted octanol–water partition coefficient (Wildman–Crippen LogP) is 5.51. The summed E-state index contributed by atoms with van der Waals surface area (Å²) in [6.45, 7) is 2.97. The highest BCUT2D eigenvalue weighted by Crippen LogP contribution is 2.34. The van der Waals surface area contributed by atoms with Crippen LogP contribution in [0.5, 0.6) is 0 Å². The van der Waals surface area contributed by atoms with E-state index in [9.17, 15) is 4.79 Å². The zero-order chi connectivity index (χ0) is 29.4. The predicted molar refractivity (Wildman–Crippen MR) is 164 cm³/mol. The van der Waals surface area contributed by atoms with Gasteiger partial charge in [-0.2, -0.15) is 15.4 Å². The van der Waals surface area contributed by atoms with Gasteiger partial charge in [-0.3, -0.25) is 4.79 Å². The van der Waals surface area contributed by atoms with Gasteiger partial charge in [0.05, 0.1) is 18.4 Å². The van der Waals surface area contributed by atoms with E-state index in [0.29, 0.717) is 30.3 Å². The van der Waals surface area contributed by atoms with Gasteiger partial charge in [0.25, 0.3) is 5.91 Å². The molecule has 3 aromatic carbocycles. The molecule has 43 heavy (non-hydrogen) atoms. The number of benzene rings is 3. The normalized spacial score (nSPS) is 11.0. The van der Waals surface area contributed by atoms with Crippen LogP contribution in [0.3, 0.4) is 0 Å². The lowest BCUT2D eigenvalue weighted by atomic mass is 9.93. The van der Waals surface area contributed by atoms with Crippen LogP contribution in [0, 0.1) is 0 Å². The quantitative estimate of drug-likeness (QED) is 0.211. The number of aromatic amines is 1. The number of nitrogens with one attached hydrogen (secondary N) is 2. The summed E-state index contributed by atoms with van der Waals surface area (Å²) in [6, 6.07) is 28.6. The minimum absolute atomic E-state index is 0.194. The Morgan fingerprint density at radius 2 is 1.72 bits per heavy atom. The third-order valence-electron chi connectivity index (χ3n) is 7.30. The molecule has 10 nitrogen and oxygen atoms in total. The van der Waals surface area contributed by atoms with Gasteiger partial charge in [0.15, 0.2) is 0 Å². The number of aryl methyl sites for hydroxylation is 1. The highest BCUT2D eigenvalue weighted by atomic mass is 16.2. The lowest BCUT2D eigenvalue weighted by Crippen LogP contribution is -2.26. The molecule has 0 saturated heterocycles. The van der Waals surface area contributed by atoms with Crippen molar-refractivity contribution in [1.82, 2.24) is 45.7 Å². The van der Waals surface area contributed by atoms with E-state index in [4.69, 9.17) is 0 Å². The van der Waals surface area contributed by atoms with E-state index in [2.05, 4.69) is 96.6 Å². The summed E-state index contributed by atoms with van der Waals surface area (Å²) in [5, 5.41) is 25.7. The summed E-state index contributed by atoms with van der Waals surface area (Å²) in [7, 11) is 0. The Labute approximate surface area is 249 Å². The number of aromatic nitrogens is 8. The van der Waals surface area contributed by atoms with Crippen LogP contribution in [0.15, 0.2) is 97.3 Å². The highest BCUT2D eigenvalue weighted by Gasteiger charge is 2.18. The molecular weight excluding hydrogens is 538 g/mol. The second-order valence-electron chi connectivity index (χ2n) is 10.2. The van der Waals surface area contributed by atoms with Crippen LogP contribution in [0.1, 0.15) is 47.3 Å². The summed E-state index contributed by atoms with van der Waals surface area (Å²) in [5.74, 6) is 1.24. The van der Waals surface area contributed by atoms with Crippen molar-refractivity contribution in [3.8, 4) is 33.6 Å². The number of carbonyl (C=O) groups is 1. The molecule has 0 radical (unpaired) electrons. The van der Waals surface area contributed by atoms with Crippen molar-refractivity contribution < 1.29 is 4.79 Å². The largest absolute Gasteiger partial charge is 0.345 e. The number of imidazole rings is 1. The van der Waals surface area contributed by atoms with Gasteiger partial charge in [-0.15, -0.1) is 10.2 Å². The molecule has 2 N–H and O–H groups in total. The molecule has 0 atom stereocenters. The van der Waals surface area contributed by atoms with Crippen LogP contribution < -0.4 is 5.32 Å². The van der Waals surface area contributed by atoms with Gasteiger partial charge in [-0.25, -0.2) is 4.98 Å². The molecule has 6 aromatic rings. The molecule has 0 fully saturated rings. The van der Waals surface area contributed by atoms with Crippen molar-refractivity contribution >= 4 is 5.91 Å². The highest BCUT2D eigenvalue weighted by molar-refractivity contribution is 5.92. The zero-order valence-electron chi connectivity index (χ0n) is 23.8. The molecule has 0 unspecified atom stereocenters. The van der Waals surface area contributed by atoms with Crippen molar-refractivity contribution in [2.24, 2.45) is 0 Å². The van der Waals surface area contributed by atoms with E-state index >= 15 is 0 Å². The van der Waals surface area contributed by atoms with Crippen LogP contribution in [0.2, 0.25) is 0 Å². The zero-order valence-corrected chi connectivity index (χ0v) is 23.8. The topological polar surface area (TPSA) is 127 Å². The molecular formula is C33H31N9O. The maximum absolute atomic E-state index is 13.2. The van der Waals surface area contributed by atoms with Gasteiger partial charge < -0.3 is 9.88 Å². The van der Waals surface area contributed by atoms with Gasteiger partial charge in [-0.05, 0) is 63.7 Å². The van der Waals surface area contributed by atoms with Crippen molar-refractivity contribution in [2.45, 2.75) is 39.3 Å². The molecule has 6 rings (SSSR count). The first-order valence-electron chi connectivity index (χ1n) is 14.3. The molecule has 214 valence electrons. The monoisotopic (exact) mass is 569 g/mol. The van der Waals surface area contributed by atoms with Gasteiger partial charge in [0.1, 0.15) is 11.5 Å². The van der Waals surface area contributed by atoms with Crippen LogP contribution in [0.4, 0.5) is 0 Å². The van der Waals surface area contributed by atoms with Crippen molar-refractivity contribution in [3.63, 3.8) is 0 Å². The molecule has 10 heteroatoms. The first kappa shape index (κ1) is 27.6. The van der Waals surface area contributed by atoms with E-state index in [-0.39, 0.29) is 5.91 Å². The van der Waals surface area contributed by atoms with Crippen molar-refractivity contribution in [3.05, 3.63) is 120 Å². The molecule has 0 saturated carbocycles. The summed E-state index contributed by atoms with van der Waals surface area (Å²) in [6.07, 6.45) is 6.11. The summed E-state index contributed by atoms with van der Waals surface area (Å²) < 4.78 is 2.01. The molecule has 0 spiro atoms. The third-order valence-corrected chi connectivity index (χ3v) is 7.30. The van der Waals surface area contributed by atoms with Gasteiger partial charge in [-0.1, -0.05) is 74.0 Å². The minimum Gasteiger partial charge on any atom is -0.345 e. The third kappa shape index (κ3) is 6.38. The van der Waals surface area contributed by atoms with Gasteiger partial charge in [0.2, 0.25) is 5.82 Å². The number of amides is 1. The van der Waals surface area contributed by atoms with E-state index in [1.165, 1.54) is 0 Å². The van der Waals surface area contributed by atoms with E-state index < -0.39 is 0 Å². The summed E-state index contributed by atoms with van der Waals surface area (Å²) in [5.41, 5.74) is 7.43. The number of nitrogens with zero attached hydrogens (tertiary/aromatic N) is 7. The standard InChI is InChI=1S/C33H31N9O/c1-2-3-11-31-34-21-30(33(43)35-20-27-10-7-18-36-37-27)42(31)22-23-12-14-25(15-13-23)29-19-26(24-8-5-4-6-9-24)16-17-28(29)32-38-40-41-39-32/h4-10,12-19,21H,2-3,11,20,22H2,1H3,(H,35,43)(H,38,39,40,41). The van der Waals surface area contributed by atoms with Crippen LogP contribution in [-0.2, 0) is 19.5 Å². The molecule has 1 amide bonds. The average molecular weight is 570 g/mol. The Kier molecular flexibility index (Phi) is 8.35. The van der Waals surface area contributed by atoms with Gasteiger partial charge >= 0.3 is 0 Å². The number of rotatable bonds is 11. The van der Waals surface area contributed by atoms with E-state index in [1.54, 1.807) is 18.5 Å². The minimum atomic E-state index is -0.194.